The number of alkyl carbamates (subject to hydrolysis) is 1. The van der Waals surface area contributed by atoms with Crippen molar-refractivity contribution in [2.75, 3.05) is 6.54 Å². The number of nitrogens with one attached hydrogen (secondary N) is 2. The van der Waals surface area contributed by atoms with Crippen LogP contribution >= 0.6 is 0 Å². The normalized spacial score (nSPS) is 13.9. The van der Waals surface area contributed by atoms with E-state index in [1.807, 2.05) is 59.7 Å². The third-order valence-electron chi connectivity index (χ3n) is 7.02. The smallest absolute Gasteiger partial charge is 0.408 e. The maximum absolute atomic E-state index is 14.3. The Balaban J connectivity index is 3.50. The van der Waals surface area contributed by atoms with E-state index >= 15 is 0 Å². The maximum Gasteiger partial charge on any atom is 0.408 e. The Morgan fingerprint density at radius 1 is 0.897 bits per heavy atom. The van der Waals surface area contributed by atoms with E-state index in [-0.39, 0.29) is 23.8 Å². The monoisotopic (exact) mass is 545 g/mol. The largest absolute Gasteiger partial charge is 0.444 e. The summed E-state index contributed by atoms with van der Waals surface area (Å²) in [6.07, 6.45) is 6.43. The van der Waals surface area contributed by atoms with E-state index in [1.54, 1.807) is 25.7 Å². The van der Waals surface area contributed by atoms with Gasteiger partial charge in [0.1, 0.15) is 17.7 Å². The molecule has 0 saturated carbocycles. The molecule has 3 unspecified atom stereocenters. The van der Waals surface area contributed by atoms with Crippen molar-refractivity contribution >= 4 is 17.9 Å². The van der Waals surface area contributed by atoms with E-state index in [1.165, 1.54) is 12.8 Å². The highest BCUT2D eigenvalue weighted by Crippen LogP contribution is 2.27. The highest BCUT2D eigenvalue weighted by atomic mass is 16.6. The molecule has 0 heterocycles. The summed E-state index contributed by atoms with van der Waals surface area (Å²) in [6.45, 7) is 19.8. The Hall–Kier alpha value is -2.57. The first-order chi connectivity index (χ1) is 18.2. The lowest BCUT2D eigenvalue weighted by Crippen LogP contribution is -2.55. The number of aryl methyl sites for hydroxylation is 2. The maximum atomic E-state index is 14.3. The van der Waals surface area contributed by atoms with Crippen LogP contribution in [0.1, 0.15) is 123 Å². The van der Waals surface area contributed by atoms with Gasteiger partial charge in [-0.2, -0.15) is 0 Å². The topological polar surface area (TPSA) is 87.7 Å². The van der Waals surface area contributed by atoms with E-state index < -0.39 is 23.8 Å². The Morgan fingerprint density at radius 3 is 2.05 bits per heavy atom. The van der Waals surface area contributed by atoms with Gasteiger partial charge in [-0.15, -0.1) is 0 Å². The van der Waals surface area contributed by atoms with E-state index in [2.05, 4.69) is 17.6 Å². The number of nitrogens with zero attached hydrogens (tertiary/aromatic N) is 1. The van der Waals surface area contributed by atoms with Crippen molar-refractivity contribution in [2.45, 2.75) is 138 Å². The van der Waals surface area contributed by atoms with E-state index in [0.717, 1.165) is 42.4 Å². The molecule has 0 aliphatic rings. The second-order valence-electron chi connectivity index (χ2n) is 12.2. The number of amides is 3. The summed E-state index contributed by atoms with van der Waals surface area (Å²) in [5.41, 5.74) is 2.27. The van der Waals surface area contributed by atoms with Crippen molar-refractivity contribution in [1.82, 2.24) is 15.5 Å². The van der Waals surface area contributed by atoms with Gasteiger partial charge in [0, 0.05) is 12.6 Å². The van der Waals surface area contributed by atoms with Crippen LogP contribution in [0.5, 0.6) is 0 Å². The van der Waals surface area contributed by atoms with Gasteiger partial charge in [0.15, 0.2) is 0 Å². The van der Waals surface area contributed by atoms with Gasteiger partial charge in [0.2, 0.25) is 11.8 Å². The van der Waals surface area contributed by atoms with Crippen molar-refractivity contribution in [3.05, 3.63) is 34.9 Å². The van der Waals surface area contributed by atoms with Crippen molar-refractivity contribution in [3.63, 3.8) is 0 Å². The van der Waals surface area contributed by atoms with Gasteiger partial charge >= 0.3 is 6.09 Å². The molecular formula is C32H55N3O4. The Morgan fingerprint density at radius 2 is 1.51 bits per heavy atom. The predicted molar refractivity (Wildman–Crippen MR) is 160 cm³/mol. The Labute approximate surface area is 237 Å². The Kier molecular flexibility index (Phi) is 14.6. The van der Waals surface area contributed by atoms with Gasteiger partial charge in [-0.1, -0.05) is 77.5 Å². The molecule has 222 valence electrons. The summed E-state index contributed by atoms with van der Waals surface area (Å²) in [5, 5.41) is 5.88. The second kappa shape index (κ2) is 16.5. The summed E-state index contributed by atoms with van der Waals surface area (Å²) in [6, 6.07) is 4.24. The fourth-order valence-corrected chi connectivity index (χ4v) is 4.50. The molecule has 0 aliphatic heterocycles. The van der Waals surface area contributed by atoms with E-state index in [4.69, 9.17) is 4.74 Å². The van der Waals surface area contributed by atoms with Crippen molar-refractivity contribution < 1.29 is 19.1 Å². The first kappa shape index (κ1) is 34.5. The lowest BCUT2D eigenvalue weighted by atomic mass is 9.94. The average molecular weight is 546 g/mol. The highest BCUT2D eigenvalue weighted by molar-refractivity contribution is 5.92. The van der Waals surface area contributed by atoms with Crippen LogP contribution in [0.25, 0.3) is 0 Å². The number of ether oxygens (including phenoxy) is 1. The zero-order valence-electron chi connectivity index (χ0n) is 26.3. The molecule has 1 aromatic carbocycles. The third-order valence-corrected chi connectivity index (χ3v) is 7.02. The summed E-state index contributed by atoms with van der Waals surface area (Å²) in [5.74, 6) is -0.621. The van der Waals surface area contributed by atoms with Crippen LogP contribution in [0.15, 0.2) is 18.2 Å². The predicted octanol–water partition coefficient (Wildman–Crippen LogP) is 7.00. The summed E-state index contributed by atoms with van der Waals surface area (Å²) in [4.78, 5) is 42.6. The lowest BCUT2D eigenvalue weighted by Gasteiger charge is -2.36. The van der Waals surface area contributed by atoms with Gasteiger partial charge in [-0.3, -0.25) is 9.59 Å². The molecule has 39 heavy (non-hydrogen) atoms. The molecule has 3 atom stereocenters. The zero-order chi connectivity index (χ0) is 29.8. The summed E-state index contributed by atoms with van der Waals surface area (Å²) < 4.78 is 5.50. The van der Waals surface area contributed by atoms with Gasteiger partial charge in [0.05, 0.1) is 0 Å². The van der Waals surface area contributed by atoms with Gasteiger partial charge in [-0.05, 0) is 77.5 Å². The molecule has 0 aromatic heterocycles. The standard InChI is InChI=1S/C32H55N3O4/c1-11-13-14-15-16-17-20-35(30(37)27(23(5)12-2)34-31(38)39-32(8,9)10)28(29(36)33-22(3)4)26-19-18-24(6)25(7)21-26/h18-19,21-23,27-28H,11-17,20H2,1-10H3,(H,33,36)(H,34,38). The molecule has 0 radical (unpaired) electrons. The van der Waals surface area contributed by atoms with Gasteiger partial charge < -0.3 is 20.3 Å². The van der Waals surface area contributed by atoms with Gasteiger partial charge in [0.25, 0.3) is 0 Å². The van der Waals surface area contributed by atoms with Crippen molar-refractivity contribution in [3.8, 4) is 0 Å². The second-order valence-corrected chi connectivity index (χ2v) is 12.2. The number of rotatable bonds is 15. The molecule has 0 bridgehead atoms. The number of benzene rings is 1. The minimum absolute atomic E-state index is 0.0807. The molecule has 2 N–H and O–H groups in total. The fraction of sp³-hybridized carbons (Fsp3) is 0.719. The van der Waals surface area contributed by atoms with Crippen LogP contribution < -0.4 is 10.6 Å². The Bertz CT molecular complexity index is 922. The molecule has 7 heteroatoms. The molecule has 3 amide bonds. The minimum Gasteiger partial charge on any atom is -0.444 e. The third kappa shape index (κ3) is 12.0. The zero-order valence-corrected chi connectivity index (χ0v) is 26.3. The summed E-state index contributed by atoms with van der Waals surface area (Å²) in [7, 11) is 0. The lowest BCUT2D eigenvalue weighted by molar-refractivity contribution is -0.143. The molecule has 7 nitrogen and oxygen atoms in total. The van der Waals surface area contributed by atoms with Crippen LogP contribution in [-0.4, -0.2) is 47.0 Å². The summed E-state index contributed by atoms with van der Waals surface area (Å²) >= 11 is 0. The number of unbranched alkanes of at least 4 members (excludes halogenated alkanes) is 5. The number of carbonyl (C=O) groups is 3. The number of carbonyl (C=O) groups excluding carboxylic acids is 3. The molecule has 0 fully saturated rings. The molecule has 0 spiro atoms. The van der Waals surface area contributed by atoms with Crippen LogP contribution in [0, 0.1) is 19.8 Å². The fourth-order valence-electron chi connectivity index (χ4n) is 4.50. The minimum atomic E-state index is -0.814. The molecule has 1 rings (SSSR count). The SMILES string of the molecule is CCCCCCCCN(C(=O)C(NC(=O)OC(C)(C)C)C(C)CC)C(C(=O)NC(C)C)c1ccc(C)c(C)c1. The molecule has 1 aromatic rings. The quantitative estimate of drug-likeness (QED) is 0.232. The van der Waals surface area contributed by atoms with Gasteiger partial charge in [-0.25, -0.2) is 4.79 Å². The van der Waals surface area contributed by atoms with Crippen LogP contribution in [0.2, 0.25) is 0 Å². The molecule has 0 saturated heterocycles. The van der Waals surface area contributed by atoms with E-state index in [0.29, 0.717) is 13.0 Å². The highest BCUT2D eigenvalue weighted by Gasteiger charge is 2.38. The average Bonchev–Trinajstić information content (AvgIpc) is 2.83. The molecule has 0 aliphatic carbocycles. The van der Waals surface area contributed by atoms with Crippen molar-refractivity contribution in [1.29, 1.82) is 0 Å². The first-order valence-electron chi connectivity index (χ1n) is 14.9. The van der Waals surface area contributed by atoms with Crippen LogP contribution in [0.4, 0.5) is 4.79 Å². The first-order valence-corrected chi connectivity index (χ1v) is 14.9. The molecular weight excluding hydrogens is 490 g/mol. The number of hydrogen-bond acceptors (Lipinski definition) is 4. The van der Waals surface area contributed by atoms with E-state index in [9.17, 15) is 14.4 Å². The van der Waals surface area contributed by atoms with Crippen molar-refractivity contribution in [2.24, 2.45) is 5.92 Å². The number of hydrogen-bond donors (Lipinski definition) is 2. The van der Waals surface area contributed by atoms with Crippen LogP contribution in [0.3, 0.4) is 0 Å². The van der Waals surface area contributed by atoms with Crippen LogP contribution in [-0.2, 0) is 14.3 Å².